The molecule has 94 valence electrons. The molecule has 1 amide bonds. The number of hydrogen-bond donors (Lipinski definition) is 2. The van der Waals surface area contributed by atoms with Gasteiger partial charge in [0.2, 0.25) is 5.91 Å². The Labute approximate surface area is 101 Å². The average Bonchev–Trinajstić information content (AvgIpc) is 2.30. The Morgan fingerprint density at radius 3 is 2.65 bits per heavy atom. The van der Waals surface area contributed by atoms with Gasteiger partial charge in [-0.05, 0) is 36.6 Å². The van der Waals surface area contributed by atoms with Crippen LogP contribution in [0.4, 0.5) is 4.39 Å². The number of halogens is 1. The lowest BCUT2D eigenvalue weighted by Gasteiger charge is -2.11. The van der Waals surface area contributed by atoms with E-state index < -0.39 is 0 Å². The Bertz CT molecular complexity index is 351. The zero-order chi connectivity index (χ0) is 12.7. The van der Waals surface area contributed by atoms with E-state index in [1.54, 1.807) is 12.1 Å². The molecule has 0 aliphatic heterocycles. The molecule has 0 aromatic heterocycles. The Hall–Kier alpha value is -1.42. The summed E-state index contributed by atoms with van der Waals surface area (Å²) in [5.41, 5.74) is 6.24. The summed E-state index contributed by atoms with van der Waals surface area (Å²) in [7, 11) is 0. The third kappa shape index (κ3) is 5.45. The second-order valence-corrected chi connectivity index (χ2v) is 4.29. The predicted molar refractivity (Wildman–Crippen MR) is 65.9 cm³/mol. The highest BCUT2D eigenvalue weighted by atomic mass is 19.1. The standard InChI is InChI=1S/C13H19FN2O/c1-10(6-7-15)9-16-13(17)8-11-2-4-12(14)5-3-11/h2-5,10H,6-9,15H2,1H3,(H,16,17). The van der Waals surface area contributed by atoms with Gasteiger partial charge < -0.3 is 11.1 Å². The maximum absolute atomic E-state index is 12.7. The van der Waals surface area contributed by atoms with Gasteiger partial charge in [0.1, 0.15) is 5.82 Å². The maximum Gasteiger partial charge on any atom is 0.224 e. The normalized spacial score (nSPS) is 12.2. The van der Waals surface area contributed by atoms with Gasteiger partial charge in [0.25, 0.3) is 0 Å². The van der Waals surface area contributed by atoms with Crippen molar-refractivity contribution in [3.05, 3.63) is 35.6 Å². The molecule has 0 bridgehead atoms. The molecule has 1 aromatic rings. The molecule has 17 heavy (non-hydrogen) atoms. The largest absolute Gasteiger partial charge is 0.356 e. The van der Waals surface area contributed by atoms with E-state index in [-0.39, 0.29) is 18.1 Å². The molecule has 0 saturated carbocycles. The Balaban J connectivity index is 2.32. The van der Waals surface area contributed by atoms with Crippen molar-refractivity contribution in [2.45, 2.75) is 19.8 Å². The fraction of sp³-hybridized carbons (Fsp3) is 0.462. The fourth-order valence-electron chi connectivity index (χ4n) is 1.52. The van der Waals surface area contributed by atoms with Crippen molar-refractivity contribution in [1.82, 2.24) is 5.32 Å². The van der Waals surface area contributed by atoms with Crippen LogP contribution < -0.4 is 11.1 Å². The van der Waals surface area contributed by atoms with Crippen molar-refractivity contribution in [3.8, 4) is 0 Å². The lowest BCUT2D eigenvalue weighted by atomic mass is 10.1. The number of rotatable bonds is 6. The Kier molecular flexibility index (Phi) is 5.63. The highest BCUT2D eigenvalue weighted by Gasteiger charge is 2.06. The van der Waals surface area contributed by atoms with Crippen LogP contribution in [-0.2, 0) is 11.2 Å². The summed E-state index contributed by atoms with van der Waals surface area (Å²) in [4.78, 5) is 11.6. The van der Waals surface area contributed by atoms with Crippen LogP contribution >= 0.6 is 0 Å². The van der Waals surface area contributed by atoms with Crippen LogP contribution in [-0.4, -0.2) is 19.0 Å². The lowest BCUT2D eigenvalue weighted by molar-refractivity contribution is -0.120. The van der Waals surface area contributed by atoms with E-state index in [2.05, 4.69) is 5.32 Å². The molecule has 1 unspecified atom stereocenters. The molecule has 1 atom stereocenters. The third-order valence-electron chi connectivity index (χ3n) is 2.59. The average molecular weight is 238 g/mol. The molecule has 0 saturated heterocycles. The van der Waals surface area contributed by atoms with E-state index in [4.69, 9.17) is 5.73 Å². The summed E-state index contributed by atoms with van der Waals surface area (Å²) < 4.78 is 12.7. The van der Waals surface area contributed by atoms with Crippen molar-refractivity contribution in [3.63, 3.8) is 0 Å². The van der Waals surface area contributed by atoms with E-state index in [9.17, 15) is 9.18 Å². The van der Waals surface area contributed by atoms with Gasteiger partial charge in [-0.15, -0.1) is 0 Å². The number of nitrogens with one attached hydrogen (secondary N) is 1. The van der Waals surface area contributed by atoms with Gasteiger partial charge in [-0.25, -0.2) is 4.39 Å². The highest BCUT2D eigenvalue weighted by molar-refractivity contribution is 5.78. The summed E-state index contributed by atoms with van der Waals surface area (Å²) in [6, 6.07) is 5.97. The van der Waals surface area contributed by atoms with E-state index in [1.807, 2.05) is 6.92 Å². The predicted octanol–water partition coefficient (Wildman–Crippen LogP) is 1.47. The van der Waals surface area contributed by atoms with E-state index >= 15 is 0 Å². The van der Waals surface area contributed by atoms with Gasteiger partial charge in [0.15, 0.2) is 0 Å². The number of amides is 1. The van der Waals surface area contributed by atoms with Crippen LogP contribution in [0.5, 0.6) is 0 Å². The van der Waals surface area contributed by atoms with E-state index in [1.165, 1.54) is 12.1 Å². The summed E-state index contributed by atoms with van der Waals surface area (Å²) in [6.45, 7) is 3.32. The van der Waals surface area contributed by atoms with Crippen molar-refractivity contribution in [1.29, 1.82) is 0 Å². The Morgan fingerprint density at radius 2 is 2.06 bits per heavy atom. The van der Waals surface area contributed by atoms with Crippen LogP contribution in [0.25, 0.3) is 0 Å². The zero-order valence-corrected chi connectivity index (χ0v) is 10.1. The second-order valence-electron chi connectivity index (χ2n) is 4.29. The first-order chi connectivity index (χ1) is 8.11. The minimum absolute atomic E-state index is 0.0412. The first kappa shape index (κ1) is 13.6. The lowest BCUT2D eigenvalue weighted by Crippen LogP contribution is -2.30. The monoisotopic (exact) mass is 238 g/mol. The van der Waals surface area contributed by atoms with Gasteiger partial charge in [-0.1, -0.05) is 19.1 Å². The van der Waals surface area contributed by atoms with Gasteiger partial charge in [0.05, 0.1) is 6.42 Å². The Morgan fingerprint density at radius 1 is 1.41 bits per heavy atom. The van der Waals surface area contributed by atoms with Crippen molar-refractivity contribution >= 4 is 5.91 Å². The molecule has 3 nitrogen and oxygen atoms in total. The molecule has 0 aliphatic carbocycles. The molecule has 0 fully saturated rings. The van der Waals surface area contributed by atoms with E-state index in [0.717, 1.165) is 12.0 Å². The summed E-state index contributed by atoms with van der Waals surface area (Å²) in [5.74, 6) is 0.0587. The first-order valence-corrected chi connectivity index (χ1v) is 5.83. The number of carbonyl (C=O) groups is 1. The van der Waals surface area contributed by atoms with Crippen LogP contribution in [0.3, 0.4) is 0 Å². The van der Waals surface area contributed by atoms with Crippen LogP contribution in [0.2, 0.25) is 0 Å². The summed E-state index contributed by atoms with van der Waals surface area (Å²) >= 11 is 0. The molecule has 1 aromatic carbocycles. The first-order valence-electron chi connectivity index (χ1n) is 5.83. The molecule has 3 N–H and O–H groups in total. The molecule has 0 aliphatic rings. The zero-order valence-electron chi connectivity index (χ0n) is 10.1. The smallest absolute Gasteiger partial charge is 0.224 e. The second kappa shape index (κ2) is 7.01. The van der Waals surface area contributed by atoms with Crippen molar-refractivity contribution in [2.75, 3.05) is 13.1 Å². The van der Waals surface area contributed by atoms with Gasteiger partial charge in [0, 0.05) is 6.54 Å². The van der Waals surface area contributed by atoms with Gasteiger partial charge >= 0.3 is 0 Å². The molecule has 0 spiro atoms. The summed E-state index contributed by atoms with van der Waals surface area (Å²) in [5, 5.41) is 2.84. The van der Waals surface area contributed by atoms with E-state index in [0.29, 0.717) is 19.0 Å². The third-order valence-corrected chi connectivity index (χ3v) is 2.59. The quantitative estimate of drug-likeness (QED) is 0.788. The maximum atomic E-state index is 12.7. The highest BCUT2D eigenvalue weighted by Crippen LogP contribution is 2.04. The van der Waals surface area contributed by atoms with Crippen LogP contribution in [0.15, 0.2) is 24.3 Å². The summed E-state index contributed by atoms with van der Waals surface area (Å²) in [6.07, 6.45) is 1.19. The SMILES string of the molecule is CC(CCN)CNC(=O)Cc1ccc(F)cc1. The number of nitrogens with two attached hydrogens (primary N) is 1. The molecular weight excluding hydrogens is 219 g/mol. The number of benzene rings is 1. The van der Waals surface area contributed by atoms with Crippen LogP contribution in [0, 0.1) is 11.7 Å². The van der Waals surface area contributed by atoms with Gasteiger partial charge in [-0.3, -0.25) is 4.79 Å². The minimum atomic E-state index is -0.286. The van der Waals surface area contributed by atoms with Crippen molar-refractivity contribution in [2.24, 2.45) is 11.7 Å². The van der Waals surface area contributed by atoms with Crippen molar-refractivity contribution < 1.29 is 9.18 Å². The minimum Gasteiger partial charge on any atom is -0.356 e. The van der Waals surface area contributed by atoms with Crippen LogP contribution in [0.1, 0.15) is 18.9 Å². The fourth-order valence-corrected chi connectivity index (χ4v) is 1.52. The molecule has 1 rings (SSSR count). The number of carbonyl (C=O) groups excluding carboxylic acids is 1. The molecular formula is C13H19FN2O. The molecule has 4 heteroatoms. The number of hydrogen-bond acceptors (Lipinski definition) is 2. The topological polar surface area (TPSA) is 55.1 Å². The van der Waals surface area contributed by atoms with Gasteiger partial charge in [-0.2, -0.15) is 0 Å². The molecule has 0 radical (unpaired) electrons. The molecule has 0 heterocycles.